The van der Waals surface area contributed by atoms with Gasteiger partial charge in [0.2, 0.25) is 0 Å². The van der Waals surface area contributed by atoms with Crippen molar-refractivity contribution < 1.29 is 27.8 Å². The maximum absolute atomic E-state index is 13.9. The number of nitrogens with one attached hydrogen (secondary N) is 1. The molecule has 1 aliphatic heterocycles. The zero-order valence-electron chi connectivity index (χ0n) is 22.4. The fraction of sp³-hybridized carbons (Fsp3) is 0.355. The van der Waals surface area contributed by atoms with E-state index >= 15 is 0 Å². The summed E-state index contributed by atoms with van der Waals surface area (Å²) in [5.74, 6) is -1.48. The van der Waals surface area contributed by atoms with Crippen LogP contribution < -0.4 is 5.32 Å². The highest BCUT2D eigenvalue weighted by Gasteiger charge is 2.40. The van der Waals surface area contributed by atoms with Gasteiger partial charge in [0.05, 0.1) is 0 Å². The van der Waals surface area contributed by atoms with E-state index in [0.29, 0.717) is 13.0 Å². The molecule has 206 valence electrons. The molecule has 4 rings (SSSR count). The van der Waals surface area contributed by atoms with Gasteiger partial charge in [-0.05, 0) is 68.1 Å². The highest BCUT2D eigenvalue weighted by atomic mass is 19.1. The number of carbonyl (C=O) groups is 2. The Morgan fingerprint density at radius 1 is 0.923 bits per heavy atom. The minimum atomic E-state index is -0.670. The molecule has 0 radical (unpaired) electrons. The molecule has 0 bridgehead atoms. The van der Waals surface area contributed by atoms with Crippen molar-refractivity contribution in [3.8, 4) is 0 Å². The maximum atomic E-state index is 13.9. The standard InChI is InChI=1S/C31H34F2N2O4/c1-31(2,3)39-30(37)35-18-17-27(34-29(36)38-20-21-7-5-4-6-8-21)26(19-35)28(22-9-13-24(32)14-10-22)23-11-15-25(33)16-12-23/h4-16,26-28H,17-20H2,1-3H3,(H,34,36). The van der Waals surface area contributed by atoms with E-state index in [-0.39, 0.29) is 42.7 Å². The topological polar surface area (TPSA) is 67.9 Å². The van der Waals surface area contributed by atoms with Gasteiger partial charge >= 0.3 is 12.2 Å². The summed E-state index contributed by atoms with van der Waals surface area (Å²) in [6, 6.07) is 21.2. The molecule has 2 atom stereocenters. The Hall–Kier alpha value is -3.94. The van der Waals surface area contributed by atoms with Crippen LogP contribution in [0.2, 0.25) is 0 Å². The Morgan fingerprint density at radius 2 is 1.49 bits per heavy atom. The van der Waals surface area contributed by atoms with Crippen LogP contribution in [0.5, 0.6) is 0 Å². The van der Waals surface area contributed by atoms with Gasteiger partial charge in [0.1, 0.15) is 23.8 Å². The molecule has 0 saturated carbocycles. The predicted molar refractivity (Wildman–Crippen MR) is 144 cm³/mol. The average Bonchev–Trinajstić information content (AvgIpc) is 2.90. The molecule has 0 spiro atoms. The number of hydrogen-bond acceptors (Lipinski definition) is 4. The first-order valence-electron chi connectivity index (χ1n) is 13.0. The maximum Gasteiger partial charge on any atom is 0.410 e. The largest absolute Gasteiger partial charge is 0.445 e. The van der Waals surface area contributed by atoms with Crippen LogP contribution in [-0.4, -0.2) is 41.8 Å². The normalized spacial score (nSPS) is 17.5. The van der Waals surface area contributed by atoms with Crippen LogP contribution >= 0.6 is 0 Å². The van der Waals surface area contributed by atoms with Crippen LogP contribution in [0.1, 0.15) is 49.8 Å². The zero-order chi connectivity index (χ0) is 28.0. The molecule has 2 amide bonds. The minimum absolute atomic E-state index is 0.118. The molecule has 0 aliphatic carbocycles. The monoisotopic (exact) mass is 536 g/mol. The van der Waals surface area contributed by atoms with E-state index in [1.165, 1.54) is 24.3 Å². The molecule has 1 saturated heterocycles. The van der Waals surface area contributed by atoms with E-state index in [4.69, 9.17) is 9.47 Å². The van der Waals surface area contributed by atoms with Crippen LogP contribution in [0.4, 0.5) is 18.4 Å². The van der Waals surface area contributed by atoms with E-state index in [9.17, 15) is 18.4 Å². The van der Waals surface area contributed by atoms with Crippen molar-refractivity contribution in [3.63, 3.8) is 0 Å². The smallest absolute Gasteiger partial charge is 0.410 e. The fourth-order valence-electron chi connectivity index (χ4n) is 4.93. The number of hydrogen-bond donors (Lipinski definition) is 1. The number of piperidine rings is 1. The number of benzene rings is 3. The highest BCUT2D eigenvalue weighted by Crippen LogP contribution is 2.38. The van der Waals surface area contributed by atoms with E-state index in [2.05, 4.69) is 5.32 Å². The van der Waals surface area contributed by atoms with Crippen molar-refractivity contribution in [2.75, 3.05) is 13.1 Å². The molecule has 1 fully saturated rings. The summed E-state index contributed by atoms with van der Waals surface area (Å²) in [6.07, 6.45) is -0.574. The molecule has 1 N–H and O–H groups in total. The second-order valence-corrected chi connectivity index (χ2v) is 10.8. The number of nitrogens with zero attached hydrogens (tertiary/aromatic N) is 1. The molecular formula is C31H34F2N2O4. The van der Waals surface area contributed by atoms with Gasteiger partial charge in [-0.25, -0.2) is 18.4 Å². The van der Waals surface area contributed by atoms with Gasteiger partial charge < -0.3 is 19.7 Å². The van der Waals surface area contributed by atoms with Crippen LogP contribution in [0.25, 0.3) is 0 Å². The van der Waals surface area contributed by atoms with Crippen LogP contribution in [0, 0.1) is 17.6 Å². The second-order valence-electron chi connectivity index (χ2n) is 10.8. The van der Waals surface area contributed by atoms with Crippen molar-refractivity contribution in [2.45, 2.75) is 51.4 Å². The lowest BCUT2D eigenvalue weighted by molar-refractivity contribution is 0.0119. The third-order valence-electron chi connectivity index (χ3n) is 6.71. The van der Waals surface area contributed by atoms with Crippen molar-refractivity contribution in [3.05, 3.63) is 107 Å². The zero-order valence-corrected chi connectivity index (χ0v) is 22.4. The number of rotatable bonds is 6. The number of carbonyl (C=O) groups excluding carboxylic acids is 2. The van der Waals surface area contributed by atoms with Gasteiger partial charge in [0.15, 0.2) is 0 Å². The lowest BCUT2D eigenvalue weighted by Gasteiger charge is -2.43. The Kier molecular flexibility index (Phi) is 8.84. The third-order valence-corrected chi connectivity index (χ3v) is 6.71. The molecule has 8 heteroatoms. The van der Waals surface area contributed by atoms with Crippen molar-refractivity contribution in [1.29, 1.82) is 0 Å². The molecule has 2 unspecified atom stereocenters. The molecule has 0 aromatic heterocycles. The summed E-state index contributed by atoms with van der Waals surface area (Å²) < 4.78 is 38.8. The molecule has 3 aromatic rings. The number of alkyl carbamates (subject to hydrolysis) is 1. The van der Waals surface area contributed by atoms with Gasteiger partial charge in [-0.1, -0.05) is 54.6 Å². The van der Waals surface area contributed by atoms with Gasteiger partial charge in [0, 0.05) is 31.0 Å². The molecule has 39 heavy (non-hydrogen) atoms. The van der Waals surface area contributed by atoms with Gasteiger partial charge in [-0.3, -0.25) is 0 Å². The summed E-state index contributed by atoms with van der Waals surface area (Å²) in [6.45, 7) is 6.16. The van der Waals surface area contributed by atoms with Crippen molar-refractivity contribution in [1.82, 2.24) is 10.2 Å². The molecule has 3 aromatic carbocycles. The lowest BCUT2D eigenvalue weighted by Crippen LogP contribution is -2.55. The Morgan fingerprint density at radius 3 is 2.03 bits per heavy atom. The fourth-order valence-corrected chi connectivity index (χ4v) is 4.93. The third kappa shape index (κ3) is 7.78. The first kappa shape index (κ1) is 28.1. The SMILES string of the molecule is CC(C)(C)OC(=O)N1CCC(NC(=O)OCc2ccccc2)C(C(c2ccc(F)cc2)c2ccc(F)cc2)C1. The highest BCUT2D eigenvalue weighted by molar-refractivity contribution is 5.69. The minimum Gasteiger partial charge on any atom is -0.445 e. The van der Waals surface area contributed by atoms with E-state index < -0.39 is 17.8 Å². The number of amides is 2. The van der Waals surface area contributed by atoms with E-state index in [1.54, 1.807) is 49.9 Å². The summed E-state index contributed by atoms with van der Waals surface area (Å²) in [7, 11) is 0. The summed E-state index contributed by atoms with van der Waals surface area (Å²) in [5, 5.41) is 3.00. The first-order chi connectivity index (χ1) is 18.6. The van der Waals surface area contributed by atoms with E-state index in [1.807, 2.05) is 30.3 Å². The van der Waals surface area contributed by atoms with Crippen LogP contribution in [-0.2, 0) is 16.1 Å². The Bertz CT molecular complexity index is 1200. The molecule has 1 heterocycles. The van der Waals surface area contributed by atoms with Crippen LogP contribution in [0.3, 0.4) is 0 Å². The van der Waals surface area contributed by atoms with Crippen molar-refractivity contribution >= 4 is 12.2 Å². The number of ether oxygens (including phenoxy) is 2. The quantitative estimate of drug-likeness (QED) is 0.383. The average molecular weight is 537 g/mol. The summed E-state index contributed by atoms with van der Waals surface area (Å²) in [4.78, 5) is 27.5. The van der Waals surface area contributed by atoms with Gasteiger partial charge in [-0.2, -0.15) is 0 Å². The molecular weight excluding hydrogens is 502 g/mol. The number of likely N-dealkylation sites (tertiary alicyclic amines) is 1. The number of halogens is 2. The second kappa shape index (κ2) is 12.3. The summed E-state index contributed by atoms with van der Waals surface area (Å²) >= 11 is 0. The van der Waals surface area contributed by atoms with Gasteiger partial charge in [0.25, 0.3) is 0 Å². The molecule has 1 aliphatic rings. The Balaban J connectivity index is 1.63. The predicted octanol–water partition coefficient (Wildman–Crippen LogP) is 6.65. The van der Waals surface area contributed by atoms with Crippen molar-refractivity contribution in [2.24, 2.45) is 5.92 Å². The summed E-state index contributed by atoms with van der Waals surface area (Å²) in [5.41, 5.74) is 1.75. The lowest BCUT2D eigenvalue weighted by atomic mass is 9.74. The first-order valence-corrected chi connectivity index (χ1v) is 13.0. The van der Waals surface area contributed by atoms with Gasteiger partial charge in [-0.15, -0.1) is 0 Å². The molecule has 6 nitrogen and oxygen atoms in total. The Labute approximate surface area is 227 Å². The van der Waals surface area contributed by atoms with Crippen LogP contribution in [0.15, 0.2) is 78.9 Å². The van der Waals surface area contributed by atoms with E-state index in [0.717, 1.165) is 16.7 Å².